The van der Waals surface area contributed by atoms with Crippen molar-refractivity contribution in [1.82, 2.24) is 0 Å². The Hall–Kier alpha value is -1.81. The minimum atomic E-state index is -1.04. The van der Waals surface area contributed by atoms with E-state index in [2.05, 4.69) is 0 Å². The maximum absolute atomic E-state index is 11.2. The van der Waals surface area contributed by atoms with Gasteiger partial charge >= 0.3 is 5.97 Å². The zero-order chi connectivity index (χ0) is 13.9. The average molecular weight is 274 g/mol. The number of carbonyl (C=O) groups is 1. The molecule has 0 bridgehead atoms. The van der Waals surface area contributed by atoms with Gasteiger partial charge in [0.05, 0.1) is 6.61 Å². The first-order valence-electron chi connectivity index (χ1n) is 7.07. The summed E-state index contributed by atoms with van der Waals surface area (Å²) in [5, 5.41) is 10.0. The Labute approximate surface area is 117 Å². The molecular formula is C16H18O4. The lowest BCUT2D eigenvalue weighted by Crippen LogP contribution is -2.13. The van der Waals surface area contributed by atoms with Gasteiger partial charge in [-0.3, -0.25) is 0 Å². The molecule has 2 aromatic rings. The van der Waals surface area contributed by atoms with Gasteiger partial charge < -0.3 is 14.3 Å². The van der Waals surface area contributed by atoms with Crippen LogP contribution < -0.4 is 0 Å². The molecule has 1 N–H and O–H groups in total. The summed E-state index contributed by atoms with van der Waals surface area (Å²) in [7, 11) is 0. The van der Waals surface area contributed by atoms with Gasteiger partial charge in [0.25, 0.3) is 0 Å². The minimum absolute atomic E-state index is 0.00477. The maximum atomic E-state index is 11.2. The summed E-state index contributed by atoms with van der Waals surface area (Å²) in [5.41, 5.74) is 1.24. The number of aromatic carboxylic acids is 1. The Bertz CT molecular complexity index is 610. The van der Waals surface area contributed by atoms with E-state index in [1.165, 1.54) is 19.3 Å². The molecule has 0 radical (unpaired) electrons. The Kier molecular flexibility index (Phi) is 3.74. The fourth-order valence-electron chi connectivity index (χ4n) is 2.62. The number of furan rings is 1. The van der Waals surface area contributed by atoms with Crippen LogP contribution in [0.1, 0.15) is 41.8 Å². The van der Waals surface area contributed by atoms with Crippen molar-refractivity contribution in [2.45, 2.75) is 32.3 Å². The van der Waals surface area contributed by atoms with Gasteiger partial charge in [-0.2, -0.15) is 0 Å². The molecule has 1 aliphatic rings. The third kappa shape index (κ3) is 2.56. The zero-order valence-electron chi connectivity index (χ0n) is 11.3. The summed E-state index contributed by atoms with van der Waals surface area (Å²) in [6.45, 7) is 0.981. The molecule has 1 aromatic heterocycles. The molecule has 1 aromatic carbocycles. The van der Waals surface area contributed by atoms with Crippen molar-refractivity contribution in [3.05, 3.63) is 35.6 Å². The van der Waals surface area contributed by atoms with Crippen molar-refractivity contribution >= 4 is 16.9 Å². The van der Waals surface area contributed by atoms with E-state index in [4.69, 9.17) is 9.15 Å². The van der Waals surface area contributed by atoms with Gasteiger partial charge in [0.2, 0.25) is 5.76 Å². The van der Waals surface area contributed by atoms with Gasteiger partial charge in [0.1, 0.15) is 5.58 Å². The molecule has 0 aliphatic heterocycles. The Morgan fingerprint density at radius 2 is 2.15 bits per heavy atom. The highest BCUT2D eigenvalue weighted by Crippen LogP contribution is 2.30. The highest BCUT2D eigenvalue weighted by Gasteiger charge is 2.20. The predicted octanol–water partition coefficient (Wildman–Crippen LogP) is 3.84. The lowest BCUT2D eigenvalue weighted by atomic mass is 9.83. The molecule has 3 rings (SSSR count). The Morgan fingerprint density at radius 1 is 1.35 bits per heavy atom. The molecule has 0 unspecified atom stereocenters. The van der Waals surface area contributed by atoms with Crippen LogP contribution in [-0.2, 0) is 11.3 Å². The molecule has 0 spiro atoms. The first kappa shape index (κ1) is 13.2. The number of benzene rings is 1. The molecule has 1 aliphatic carbocycles. The SMILES string of the molecule is O=C(O)c1oc2ccccc2c1COCCC1CCC1. The number of hydrogen-bond donors (Lipinski definition) is 1. The molecule has 0 atom stereocenters. The maximum Gasteiger partial charge on any atom is 0.372 e. The van der Waals surface area contributed by atoms with E-state index in [-0.39, 0.29) is 5.76 Å². The van der Waals surface area contributed by atoms with Gasteiger partial charge in [-0.1, -0.05) is 37.5 Å². The molecule has 4 nitrogen and oxygen atoms in total. The molecule has 1 saturated carbocycles. The summed E-state index contributed by atoms with van der Waals surface area (Å²) in [6.07, 6.45) is 5.01. The van der Waals surface area contributed by atoms with Crippen LogP contribution in [0.15, 0.2) is 28.7 Å². The predicted molar refractivity (Wildman–Crippen MR) is 74.8 cm³/mol. The third-order valence-corrected chi connectivity index (χ3v) is 4.03. The van der Waals surface area contributed by atoms with E-state index in [9.17, 15) is 9.90 Å². The van der Waals surface area contributed by atoms with Crippen LogP contribution in [0.25, 0.3) is 11.0 Å². The number of fused-ring (bicyclic) bond motifs is 1. The van der Waals surface area contributed by atoms with E-state index in [0.717, 1.165) is 17.7 Å². The highest BCUT2D eigenvalue weighted by atomic mass is 16.5. The molecular weight excluding hydrogens is 256 g/mol. The summed E-state index contributed by atoms with van der Waals surface area (Å²) >= 11 is 0. The van der Waals surface area contributed by atoms with Crippen LogP contribution >= 0.6 is 0 Å². The van der Waals surface area contributed by atoms with Gasteiger partial charge in [-0.05, 0) is 18.4 Å². The van der Waals surface area contributed by atoms with Crippen molar-refractivity contribution in [2.75, 3.05) is 6.61 Å². The summed E-state index contributed by atoms with van der Waals surface area (Å²) < 4.78 is 11.1. The topological polar surface area (TPSA) is 59.7 Å². The van der Waals surface area contributed by atoms with E-state index in [1.807, 2.05) is 18.2 Å². The number of carboxylic acid groups (broad SMARTS) is 1. The van der Waals surface area contributed by atoms with Crippen molar-refractivity contribution in [3.63, 3.8) is 0 Å². The number of ether oxygens (including phenoxy) is 1. The lowest BCUT2D eigenvalue weighted by molar-refractivity contribution is 0.0646. The zero-order valence-corrected chi connectivity index (χ0v) is 11.3. The van der Waals surface area contributed by atoms with Gasteiger partial charge in [-0.15, -0.1) is 0 Å². The van der Waals surface area contributed by atoms with Gasteiger partial charge in [-0.25, -0.2) is 4.79 Å². The molecule has 4 heteroatoms. The Morgan fingerprint density at radius 3 is 2.85 bits per heavy atom. The fraction of sp³-hybridized carbons (Fsp3) is 0.438. The summed E-state index contributed by atoms with van der Waals surface area (Å²) in [5.74, 6) is -0.247. The van der Waals surface area contributed by atoms with Crippen molar-refractivity contribution in [1.29, 1.82) is 0 Å². The molecule has 0 saturated heterocycles. The highest BCUT2D eigenvalue weighted by molar-refractivity contribution is 5.94. The first-order chi connectivity index (χ1) is 9.75. The van der Waals surface area contributed by atoms with Crippen molar-refractivity contribution in [3.8, 4) is 0 Å². The van der Waals surface area contributed by atoms with E-state index in [0.29, 0.717) is 24.4 Å². The molecule has 106 valence electrons. The van der Waals surface area contributed by atoms with Crippen LogP contribution in [0.3, 0.4) is 0 Å². The smallest absolute Gasteiger partial charge is 0.372 e. The molecule has 20 heavy (non-hydrogen) atoms. The number of hydrogen-bond acceptors (Lipinski definition) is 3. The Balaban J connectivity index is 1.71. The summed E-state index contributed by atoms with van der Waals surface area (Å²) in [6, 6.07) is 7.36. The standard InChI is InChI=1S/C16H18O4/c17-16(18)15-13(10-19-9-8-11-4-3-5-11)12-6-1-2-7-14(12)20-15/h1-2,6-7,11H,3-5,8-10H2,(H,17,18). The number of rotatable bonds is 6. The van der Waals surface area contributed by atoms with Crippen molar-refractivity contribution in [2.24, 2.45) is 5.92 Å². The molecule has 1 fully saturated rings. The van der Waals surface area contributed by atoms with Crippen molar-refractivity contribution < 1.29 is 19.1 Å². The van der Waals surface area contributed by atoms with Gasteiger partial charge in [0.15, 0.2) is 0 Å². The number of para-hydroxylation sites is 1. The van der Waals surface area contributed by atoms with Crippen LogP contribution in [0.4, 0.5) is 0 Å². The second-order valence-electron chi connectivity index (χ2n) is 5.35. The third-order valence-electron chi connectivity index (χ3n) is 4.03. The largest absolute Gasteiger partial charge is 0.475 e. The van der Waals surface area contributed by atoms with Crippen LogP contribution in [0.2, 0.25) is 0 Å². The van der Waals surface area contributed by atoms with Crippen LogP contribution in [0.5, 0.6) is 0 Å². The summed E-state index contributed by atoms with van der Waals surface area (Å²) in [4.78, 5) is 11.2. The lowest BCUT2D eigenvalue weighted by Gasteiger charge is -2.24. The normalized spacial score (nSPS) is 15.4. The molecule has 1 heterocycles. The van der Waals surface area contributed by atoms with E-state index < -0.39 is 5.97 Å². The van der Waals surface area contributed by atoms with Gasteiger partial charge in [0, 0.05) is 17.6 Å². The second-order valence-corrected chi connectivity index (χ2v) is 5.35. The second kappa shape index (κ2) is 5.67. The monoisotopic (exact) mass is 274 g/mol. The first-order valence-corrected chi connectivity index (χ1v) is 7.07. The van der Waals surface area contributed by atoms with Crippen LogP contribution in [-0.4, -0.2) is 17.7 Å². The van der Waals surface area contributed by atoms with E-state index >= 15 is 0 Å². The van der Waals surface area contributed by atoms with E-state index in [1.54, 1.807) is 6.07 Å². The quantitative estimate of drug-likeness (QED) is 0.813. The van der Waals surface area contributed by atoms with Crippen LogP contribution in [0, 0.1) is 5.92 Å². The minimum Gasteiger partial charge on any atom is -0.475 e. The number of carboxylic acids is 1. The average Bonchev–Trinajstić information content (AvgIpc) is 2.76. The fourth-order valence-corrected chi connectivity index (χ4v) is 2.62. The molecule has 0 amide bonds.